The highest BCUT2D eigenvalue weighted by molar-refractivity contribution is 7.52. The maximum absolute atomic E-state index is 13.6. The number of rotatable bonds is 10. The van der Waals surface area contributed by atoms with Crippen molar-refractivity contribution in [2.24, 2.45) is 16.5 Å². The van der Waals surface area contributed by atoms with Gasteiger partial charge in [-0.15, -0.1) is 0 Å². The molecule has 13 heteroatoms. The summed E-state index contributed by atoms with van der Waals surface area (Å²) in [6.07, 6.45) is 0.0639. The van der Waals surface area contributed by atoms with Crippen LogP contribution in [0.3, 0.4) is 0 Å². The lowest BCUT2D eigenvalue weighted by molar-refractivity contribution is -0.149. The summed E-state index contributed by atoms with van der Waals surface area (Å²) in [4.78, 5) is 18.1. The average molecular weight is 512 g/mol. The van der Waals surface area contributed by atoms with Crippen molar-refractivity contribution in [3.63, 3.8) is 0 Å². The molecule has 0 saturated carbocycles. The van der Waals surface area contributed by atoms with E-state index in [0.717, 1.165) is 0 Å². The van der Waals surface area contributed by atoms with Crippen molar-refractivity contribution in [3.8, 4) is 5.75 Å². The van der Waals surface area contributed by atoms with E-state index >= 15 is 0 Å². The second-order valence-electron chi connectivity index (χ2n) is 8.93. The molecule has 1 fully saturated rings. The third-order valence-corrected chi connectivity index (χ3v) is 7.06. The lowest BCUT2D eigenvalue weighted by Gasteiger charge is -2.36. The number of nitrogens with zero attached hydrogens (tertiary/aromatic N) is 2. The third kappa shape index (κ3) is 6.81. The number of aliphatic imine (C=N–C) groups is 1. The first kappa shape index (κ1) is 27.1. The van der Waals surface area contributed by atoms with E-state index < -0.39 is 43.7 Å². The average Bonchev–Trinajstić information content (AvgIpc) is 3.02. The predicted octanol–water partition coefficient (Wildman–Crippen LogP) is 1.07. The van der Waals surface area contributed by atoms with Crippen molar-refractivity contribution < 1.29 is 33.0 Å². The van der Waals surface area contributed by atoms with Gasteiger partial charge in [-0.3, -0.25) is 9.32 Å². The van der Waals surface area contributed by atoms with Gasteiger partial charge in [-0.05, 0) is 45.9 Å². The quantitative estimate of drug-likeness (QED) is 0.262. The number of hydrogen-bond donors (Lipinski definition) is 4. The van der Waals surface area contributed by atoms with Crippen molar-refractivity contribution in [2.45, 2.75) is 63.8 Å². The number of para-hydroxylation sites is 1. The number of hydrogen-bond acceptors (Lipinski definition) is 11. The van der Waals surface area contributed by atoms with Gasteiger partial charge in [-0.25, -0.2) is 9.56 Å². The zero-order chi connectivity index (χ0) is 25.8. The topological polar surface area (TPSA) is 171 Å². The Bertz CT molecular complexity index is 988. The van der Waals surface area contributed by atoms with Gasteiger partial charge >= 0.3 is 13.7 Å². The van der Waals surface area contributed by atoms with Gasteiger partial charge in [0.2, 0.25) is 0 Å². The molecule has 2 aliphatic heterocycles. The Morgan fingerprint density at radius 2 is 2.06 bits per heavy atom. The van der Waals surface area contributed by atoms with E-state index in [9.17, 15) is 14.5 Å². The molecule has 0 bridgehead atoms. The first-order valence-corrected chi connectivity index (χ1v) is 12.8. The van der Waals surface area contributed by atoms with Crippen molar-refractivity contribution >= 4 is 19.6 Å². The fraction of sp³-hybridized carbons (Fsp3) is 0.545. The number of carbonyl (C=O) groups excluding carboxylic acids is 1. The fourth-order valence-corrected chi connectivity index (χ4v) is 5.09. The van der Waals surface area contributed by atoms with Gasteiger partial charge in [0.25, 0.3) is 0 Å². The molecule has 1 aromatic rings. The second-order valence-corrected chi connectivity index (χ2v) is 10.6. The molecule has 1 aromatic carbocycles. The molecule has 194 valence electrons. The monoisotopic (exact) mass is 511 g/mol. The van der Waals surface area contributed by atoms with Gasteiger partial charge in [-0.2, -0.15) is 5.09 Å². The summed E-state index contributed by atoms with van der Waals surface area (Å²) in [6.45, 7) is 6.40. The summed E-state index contributed by atoms with van der Waals surface area (Å²) < 4.78 is 36.1. The second kappa shape index (κ2) is 11.1. The molecule has 1 saturated heterocycles. The molecule has 6 N–H and O–H groups in total. The Balaban J connectivity index is 1.73. The van der Waals surface area contributed by atoms with Crippen LogP contribution in [0.25, 0.3) is 0 Å². The number of esters is 1. The molecule has 0 amide bonds. The summed E-state index contributed by atoms with van der Waals surface area (Å²) in [5, 5.41) is 13.5. The van der Waals surface area contributed by atoms with E-state index in [-0.39, 0.29) is 25.1 Å². The minimum Gasteiger partial charge on any atom is -0.462 e. The van der Waals surface area contributed by atoms with Crippen LogP contribution in [0, 0.1) is 0 Å². The molecule has 0 aromatic heterocycles. The maximum atomic E-state index is 13.6. The molecule has 12 nitrogen and oxygen atoms in total. The molecular formula is C22H34N5O7P. The van der Waals surface area contributed by atoms with Crippen molar-refractivity contribution in [2.75, 3.05) is 13.3 Å². The van der Waals surface area contributed by atoms with Crippen LogP contribution in [0.1, 0.15) is 27.7 Å². The van der Waals surface area contributed by atoms with Gasteiger partial charge in [0.05, 0.1) is 18.2 Å². The van der Waals surface area contributed by atoms with Crippen LogP contribution in [0.2, 0.25) is 0 Å². The molecule has 3 rings (SSSR count). The van der Waals surface area contributed by atoms with Crippen molar-refractivity contribution in [1.82, 2.24) is 9.99 Å². The number of aliphatic hydroxyl groups is 1. The summed E-state index contributed by atoms with van der Waals surface area (Å²) >= 11 is 0. The van der Waals surface area contributed by atoms with E-state index in [1.54, 1.807) is 68.3 Å². The minimum atomic E-state index is -4.12. The first-order chi connectivity index (χ1) is 16.4. The number of carbonyl (C=O) groups is 1. The normalized spacial score (nSPS) is 28.9. The Hall–Kier alpha value is -2.47. The van der Waals surface area contributed by atoms with Crippen LogP contribution in [-0.2, 0) is 23.4 Å². The van der Waals surface area contributed by atoms with Gasteiger partial charge in [-0.1, -0.05) is 18.2 Å². The molecular weight excluding hydrogens is 477 g/mol. The van der Waals surface area contributed by atoms with Gasteiger partial charge in [0.1, 0.15) is 36.5 Å². The third-order valence-electron chi connectivity index (χ3n) is 5.41. The Morgan fingerprint density at radius 3 is 2.66 bits per heavy atom. The maximum Gasteiger partial charge on any atom is 0.459 e. The predicted molar refractivity (Wildman–Crippen MR) is 129 cm³/mol. The van der Waals surface area contributed by atoms with Crippen LogP contribution in [-0.4, -0.2) is 71.2 Å². The van der Waals surface area contributed by atoms with Crippen LogP contribution in [0.15, 0.2) is 47.6 Å². The summed E-state index contributed by atoms with van der Waals surface area (Å²) in [5.41, 5.74) is 10.9. The number of benzene rings is 1. The van der Waals surface area contributed by atoms with Crippen LogP contribution in [0.5, 0.6) is 5.75 Å². The van der Waals surface area contributed by atoms with E-state index in [0.29, 0.717) is 5.84 Å². The minimum absolute atomic E-state index is 0.201. The summed E-state index contributed by atoms with van der Waals surface area (Å²) in [7, 11) is -4.12. The van der Waals surface area contributed by atoms with Crippen LogP contribution < -0.4 is 21.1 Å². The molecule has 0 radical (unpaired) electrons. The fourth-order valence-electron chi connectivity index (χ4n) is 3.59. The Morgan fingerprint density at radius 1 is 1.37 bits per heavy atom. The van der Waals surface area contributed by atoms with E-state index in [1.165, 1.54) is 6.92 Å². The Labute approximate surface area is 204 Å². The summed E-state index contributed by atoms with van der Waals surface area (Å²) in [5.74, 6) is 0.00799. The number of nitrogens with one attached hydrogen (secondary N) is 1. The SMILES string of the molecule is CC(C)OC(=O)C(C)NP(=O)(OCC1OC(N2C=CC(N)=NC2)C(C)(N)C1O)Oc1ccccc1. The summed E-state index contributed by atoms with van der Waals surface area (Å²) in [6, 6.07) is 7.36. The molecule has 2 heterocycles. The highest BCUT2D eigenvalue weighted by atomic mass is 31.2. The molecule has 6 unspecified atom stereocenters. The van der Waals surface area contributed by atoms with E-state index in [4.69, 9.17) is 30.0 Å². The van der Waals surface area contributed by atoms with Crippen molar-refractivity contribution in [3.05, 3.63) is 42.6 Å². The highest BCUT2D eigenvalue weighted by Gasteiger charge is 2.53. The van der Waals surface area contributed by atoms with E-state index in [1.807, 2.05) is 0 Å². The Kier molecular flexibility index (Phi) is 8.58. The number of aliphatic hydroxyl groups excluding tert-OH is 1. The lowest BCUT2D eigenvalue weighted by Crippen LogP contribution is -2.58. The standard InChI is InChI=1S/C22H34N5O7P/c1-14(2)32-20(29)15(3)26-35(30,34-16-8-6-5-7-9-16)31-12-17-19(28)22(4,24)21(33-17)27-11-10-18(23)25-13-27/h5-11,14-15,17,19,21,28H,12-13,24H2,1-4H3,(H2,23,25)(H,26,30). The lowest BCUT2D eigenvalue weighted by atomic mass is 9.93. The molecule has 6 atom stereocenters. The van der Waals surface area contributed by atoms with Crippen LogP contribution in [0.4, 0.5) is 0 Å². The number of amidine groups is 1. The smallest absolute Gasteiger partial charge is 0.459 e. The zero-order valence-electron chi connectivity index (χ0n) is 20.2. The first-order valence-electron chi connectivity index (χ1n) is 11.2. The van der Waals surface area contributed by atoms with Crippen molar-refractivity contribution in [1.29, 1.82) is 0 Å². The van der Waals surface area contributed by atoms with Gasteiger partial charge in [0, 0.05) is 6.20 Å². The number of ether oxygens (including phenoxy) is 2. The zero-order valence-corrected chi connectivity index (χ0v) is 21.1. The molecule has 2 aliphatic rings. The highest BCUT2D eigenvalue weighted by Crippen LogP contribution is 2.46. The van der Waals surface area contributed by atoms with Gasteiger partial charge < -0.3 is 35.5 Å². The van der Waals surface area contributed by atoms with Gasteiger partial charge in [0.15, 0.2) is 6.23 Å². The largest absolute Gasteiger partial charge is 0.462 e. The molecule has 35 heavy (non-hydrogen) atoms. The molecule has 0 spiro atoms. The molecule has 0 aliphatic carbocycles. The van der Waals surface area contributed by atoms with Crippen LogP contribution >= 0.6 is 7.75 Å². The van der Waals surface area contributed by atoms with E-state index in [2.05, 4.69) is 10.1 Å². The number of nitrogens with two attached hydrogens (primary N) is 2.